The molecule has 0 aromatic heterocycles. The number of carbonyl (C=O) groups is 1. The van der Waals surface area contributed by atoms with Crippen molar-refractivity contribution in [2.24, 2.45) is 0 Å². The number of rotatable bonds is 10. The molecule has 1 aromatic carbocycles. The molecule has 0 heterocycles. The number of ether oxygens (including phenoxy) is 2. The molecule has 1 aromatic rings. The van der Waals surface area contributed by atoms with Gasteiger partial charge in [0.15, 0.2) is 0 Å². The van der Waals surface area contributed by atoms with Crippen molar-refractivity contribution >= 4 is 11.6 Å². The predicted molar refractivity (Wildman–Crippen MR) is 80.2 cm³/mol. The Balaban J connectivity index is 2.45. The summed E-state index contributed by atoms with van der Waals surface area (Å²) in [4.78, 5) is 11.8. The monoisotopic (exact) mass is 280 g/mol. The topological polar surface area (TPSA) is 59.6 Å². The minimum absolute atomic E-state index is 0.00758. The van der Waals surface area contributed by atoms with E-state index in [4.69, 9.17) is 9.47 Å². The van der Waals surface area contributed by atoms with Gasteiger partial charge in [-0.3, -0.25) is 4.79 Å². The zero-order valence-electron chi connectivity index (χ0n) is 12.3. The number of hydrogen-bond acceptors (Lipinski definition) is 4. The number of para-hydroxylation sites is 2. The quantitative estimate of drug-likeness (QED) is 0.644. The molecule has 0 aliphatic carbocycles. The van der Waals surface area contributed by atoms with Crippen molar-refractivity contribution in [2.75, 3.05) is 39.2 Å². The molecule has 0 spiro atoms. The van der Waals surface area contributed by atoms with Crippen LogP contribution >= 0.6 is 0 Å². The average molecular weight is 280 g/mol. The highest BCUT2D eigenvalue weighted by Crippen LogP contribution is 2.24. The zero-order valence-corrected chi connectivity index (χ0v) is 12.3. The Hall–Kier alpha value is -1.59. The summed E-state index contributed by atoms with van der Waals surface area (Å²) >= 11 is 0. The van der Waals surface area contributed by atoms with E-state index in [1.54, 1.807) is 7.11 Å². The minimum Gasteiger partial charge on any atom is -0.491 e. The zero-order chi connectivity index (χ0) is 14.6. The van der Waals surface area contributed by atoms with Crippen LogP contribution in [0.15, 0.2) is 24.3 Å². The third-order valence-corrected chi connectivity index (χ3v) is 2.74. The first-order valence-electron chi connectivity index (χ1n) is 6.93. The molecule has 0 aliphatic rings. The first-order chi connectivity index (χ1) is 9.77. The van der Waals surface area contributed by atoms with E-state index in [0.717, 1.165) is 25.1 Å². The van der Waals surface area contributed by atoms with Crippen LogP contribution in [0, 0.1) is 0 Å². The van der Waals surface area contributed by atoms with Gasteiger partial charge < -0.3 is 20.1 Å². The van der Waals surface area contributed by atoms with Crippen molar-refractivity contribution in [1.29, 1.82) is 0 Å². The van der Waals surface area contributed by atoms with Crippen LogP contribution in [0.3, 0.4) is 0 Å². The van der Waals surface area contributed by atoms with Gasteiger partial charge in [0.1, 0.15) is 5.75 Å². The van der Waals surface area contributed by atoms with Crippen LogP contribution in [-0.4, -0.2) is 39.8 Å². The van der Waals surface area contributed by atoms with E-state index >= 15 is 0 Å². The number of carbonyl (C=O) groups excluding carboxylic acids is 1. The maximum atomic E-state index is 11.8. The van der Waals surface area contributed by atoms with Crippen LogP contribution < -0.4 is 15.4 Å². The molecule has 0 saturated heterocycles. The Kier molecular flexibility index (Phi) is 8.42. The smallest absolute Gasteiger partial charge is 0.224 e. The van der Waals surface area contributed by atoms with Crippen molar-refractivity contribution in [3.63, 3.8) is 0 Å². The molecular formula is C15H24N2O3. The summed E-state index contributed by atoms with van der Waals surface area (Å²) in [5.74, 6) is 0.707. The first kappa shape index (κ1) is 16.5. The number of nitrogens with one attached hydrogen (secondary N) is 2. The normalized spacial score (nSPS) is 10.3. The lowest BCUT2D eigenvalue weighted by Gasteiger charge is -2.12. The number of anilines is 1. The highest BCUT2D eigenvalue weighted by molar-refractivity contribution is 5.92. The molecule has 20 heavy (non-hydrogen) atoms. The number of methoxy groups -OCH3 is 1. The SMILES string of the molecule is CNCCCC(=O)Nc1ccccc1OCCCOC. The molecule has 0 unspecified atom stereocenters. The van der Waals surface area contributed by atoms with Gasteiger partial charge in [0.2, 0.25) is 5.91 Å². The van der Waals surface area contributed by atoms with Gasteiger partial charge in [-0.05, 0) is 32.1 Å². The van der Waals surface area contributed by atoms with Crippen molar-refractivity contribution in [3.8, 4) is 5.75 Å². The van der Waals surface area contributed by atoms with Crippen molar-refractivity contribution < 1.29 is 14.3 Å². The van der Waals surface area contributed by atoms with Crippen molar-refractivity contribution in [2.45, 2.75) is 19.3 Å². The van der Waals surface area contributed by atoms with Crippen LogP contribution in [0.2, 0.25) is 0 Å². The molecule has 5 heteroatoms. The fourth-order valence-electron chi connectivity index (χ4n) is 1.72. The van der Waals surface area contributed by atoms with Crippen molar-refractivity contribution in [3.05, 3.63) is 24.3 Å². The van der Waals surface area contributed by atoms with E-state index in [2.05, 4.69) is 10.6 Å². The second-order valence-electron chi connectivity index (χ2n) is 4.45. The lowest BCUT2D eigenvalue weighted by molar-refractivity contribution is -0.116. The van der Waals surface area contributed by atoms with Crippen LogP contribution in [0.25, 0.3) is 0 Å². The summed E-state index contributed by atoms with van der Waals surface area (Å²) < 4.78 is 10.6. The largest absolute Gasteiger partial charge is 0.491 e. The third kappa shape index (κ3) is 6.54. The maximum absolute atomic E-state index is 11.8. The van der Waals surface area contributed by atoms with E-state index in [-0.39, 0.29) is 5.91 Å². The molecule has 5 nitrogen and oxygen atoms in total. The van der Waals surface area contributed by atoms with Gasteiger partial charge >= 0.3 is 0 Å². The van der Waals surface area contributed by atoms with Gasteiger partial charge in [0.25, 0.3) is 0 Å². The van der Waals surface area contributed by atoms with Gasteiger partial charge in [-0.15, -0.1) is 0 Å². The van der Waals surface area contributed by atoms with Gasteiger partial charge in [-0.1, -0.05) is 12.1 Å². The van der Waals surface area contributed by atoms with Gasteiger partial charge in [0.05, 0.1) is 12.3 Å². The molecular weight excluding hydrogens is 256 g/mol. The van der Waals surface area contributed by atoms with E-state index in [0.29, 0.717) is 25.4 Å². The predicted octanol–water partition coefficient (Wildman–Crippen LogP) is 2.04. The lowest BCUT2D eigenvalue weighted by atomic mass is 10.2. The highest BCUT2D eigenvalue weighted by atomic mass is 16.5. The van der Waals surface area contributed by atoms with E-state index in [1.165, 1.54) is 0 Å². The lowest BCUT2D eigenvalue weighted by Crippen LogP contribution is -2.16. The highest BCUT2D eigenvalue weighted by Gasteiger charge is 2.07. The minimum atomic E-state index is 0.00758. The molecule has 1 amide bonds. The maximum Gasteiger partial charge on any atom is 0.224 e. The van der Waals surface area contributed by atoms with Gasteiger partial charge in [0, 0.05) is 26.6 Å². The van der Waals surface area contributed by atoms with Crippen molar-refractivity contribution in [1.82, 2.24) is 5.32 Å². The summed E-state index contributed by atoms with van der Waals surface area (Å²) in [6, 6.07) is 7.48. The Labute approximate surface area is 120 Å². The van der Waals surface area contributed by atoms with E-state index in [1.807, 2.05) is 31.3 Å². The molecule has 2 N–H and O–H groups in total. The van der Waals surface area contributed by atoms with Crippen LogP contribution in [-0.2, 0) is 9.53 Å². The fourth-order valence-corrected chi connectivity index (χ4v) is 1.72. The molecule has 1 rings (SSSR count). The first-order valence-corrected chi connectivity index (χ1v) is 6.93. The molecule has 0 atom stereocenters. The van der Waals surface area contributed by atoms with Crippen LogP contribution in [0.1, 0.15) is 19.3 Å². The molecule has 0 saturated carbocycles. The van der Waals surface area contributed by atoms with Crippen LogP contribution in [0.5, 0.6) is 5.75 Å². The Morgan fingerprint density at radius 1 is 1.20 bits per heavy atom. The van der Waals surface area contributed by atoms with Gasteiger partial charge in [-0.2, -0.15) is 0 Å². The Morgan fingerprint density at radius 3 is 2.75 bits per heavy atom. The number of amides is 1. The third-order valence-electron chi connectivity index (χ3n) is 2.74. The average Bonchev–Trinajstić information content (AvgIpc) is 2.45. The molecule has 0 radical (unpaired) electrons. The summed E-state index contributed by atoms with van der Waals surface area (Å²) in [6.45, 7) is 2.07. The standard InChI is InChI=1S/C15H24N2O3/c1-16-10-5-9-15(18)17-13-7-3-4-8-14(13)20-12-6-11-19-2/h3-4,7-8,16H,5-6,9-12H2,1-2H3,(H,17,18). The summed E-state index contributed by atoms with van der Waals surface area (Å²) in [7, 11) is 3.54. The summed E-state index contributed by atoms with van der Waals surface area (Å²) in [6.07, 6.45) is 2.14. The van der Waals surface area contributed by atoms with Gasteiger partial charge in [-0.25, -0.2) is 0 Å². The summed E-state index contributed by atoms with van der Waals surface area (Å²) in [5.41, 5.74) is 0.722. The Morgan fingerprint density at radius 2 is 2.00 bits per heavy atom. The fraction of sp³-hybridized carbons (Fsp3) is 0.533. The summed E-state index contributed by atoms with van der Waals surface area (Å²) in [5, 5.41) is 5.91. The van der Waals surface area contributed by atoms with E-state index in [9.17, 15) is 4.79 Å². The van der Waals surface area contributed by atoms with E-state index < -0.39 is 0 Å². The second kappa shape index (κ2) is 10.2. The number of benzene rings is 1. The number of hydrogen-bond donors (Lipinski definition) is 2. The Bertz CT molecular complexity index is 396. The van der Waals surface area contributed by atoms with Crippen LogP contribution in [0.4, 0.5) is 5.69 Å². The molecule has 0 bridgehead atoms. The second-order valence-corrected chi connectivity index (χ2v) is 4.45. The molecule has 112 valence electrons. The molecule has 0 aliphatic heterocycles. The molecule has 0 fully saturated rings.